The highest BCUT2D eigenvalue weighted by Crippen LogP contribution is 2.36. The van der Waals surface area contributed by atoms with Crippen LogP contribution in [0.3, 0.4) is 0 Å². The molecule has 1 aromatic heterocycles. The molecule has 0 saturated carbocycles. The lowest BCUT2D eigenvalue weighted by molar-refractivity contribution is -0.143. The Morgan fingerprint density at radius 2 is 1.70 bits per heavy atom. The molecule has 0 saturated heterocycles. The first kappa shape index (κ1) is 35.4. The molecule has 0 radical (unpaired) electrons. The highest BCUT2D eigenvalue weighted by Gasteiger charge is 2.35. The molecular weight excluding hydrogens is 642 g/mol. The van der Waals surface area contributed by atoms with E-state index >= 15 is 4.39 Å². The van der Waals surface area contributed by atoms with Crippen LogP contribution >= 0.6 is 11.6 Å². The van der Waals surface area contributed by atoms with Crippen LogP contribution in [0.4, 0.5) is 17.6 Å². The van der Waals surface area contributed by atoms with E-state index in [2.05, 4.69) is 5.32 Å². The number of carbonyl (C=O) groups is 1. The highest BCUT2D eigenvalue weighted by atomic mass is 35.5. The second-order valence-electron chi connectivity index (χ2n) is 10.7. The molecule has 3 aromatic carbocycles. The lowest BCUT2D eigenvalue weighted by Gasteiger charge is -2.24. The van der Waals surface area contributed by atoms with Crippen LogP contribution in [0, 0.1) is 12.7 Å². The second-order valence-corrected chi connectivity index (χ2v) is 11.0. The minimum atomic E-state index is -4.91. The summed E-state index contributed by atoms with van der Waals surface area (Å²) in [5, 5.41) is 3.32. The standard InChI is InChI=1S/C34H34ClF4N3O5/c1-4-47-29(43)17-10-18-40-27(22-11-6-5-7-12-22)20-42-32(44)30(23-13-8-16-28(46-3)31(23)35)21(2)41(33(42)45)19-24-25(34(37,38)39)14-9-15-26(24)36/h5-9,11-16,27,40H,4,10,17-20H2,1-3H3. The quantitative estimate of drug-likeness (QED) is 0.0985. The molecule has 0 aliphatic heterocycles. The van der Waals surface area contributed by atoms with E-state index in [4.69, 9.17) is 21.1 Å². The Balaban J connectivity index is 1.90. The smallest absolute Gasteiger partial charge is 0.416 e. The van der Waals surface area contributed by atoms with Crippen LogP contribution in [0.15, 0.2) is 76.3 Å². The van der Waals surface area contributed by atoms with Gasteiger partial charge in [0.1, 0.15) is 11.6 Å². The summed E-state index contributed by atoms with van der Waals surface area (Å²) in [4.78, 5) is 40.2. The number of methoxy groups -OCH3 is 1. The van der Waals surface area contributed by atoms with Crippen molar-refractivity contribution in [1.29, 1.82) is 0 Å². The molecule has 8 nitrogen and oxygen atoms in total. The Kier molecular flexibility index (Phi) is 11.6. The van der Waals surface area contributed by atoms with Gasteiger partial charge in [-0.05, 0) is 50.6 Å². The number of halogens is 5. The van der Waals surface area contributed by atoms with Crippen LogP contribution in [-0.4, -0.2) is 35.4 Å². The number of carbonyl (C=O) groups excluding carboxylic acids is 1. The lowest BCUT2D eigenvalue weighted by atomic mass is 10.0. The number of ether oxygens (including phenoxy) is 2. The molecule has 1 N–H and O–H groups in total. The molecule has 0 aliphatic carbocycles. The van der Waals surface area contributed by atoms with Gasteiger partial charge in [-0.25, -0.2) is 9.18 Å². The molecule has 0 bridgehead atoms. The number of rotatable bonds is 13. The second kappa shape index (κ2) is 15.4. The molecule has 250 valence electrons. The fraction of sp³-hybridized carbons (Fsp3) is 0.324. The predicted molar refractivity (Wildman–Crippen MR) is 170 cm³/mol. The van der Waals surface area contributed by atoms with Crippen molar-refractivity contribution < 1.29 is 31.8 Å². The zero-order valence-electron chi connectivity index (χ0n) is 26.0. The van der Waals surface area contributed by atoms with Crippen molar-refractivity contribution in [2.45, 2.75) is 52.0 Å². The van der Waals surface area contributed by atoms with Crippen LogP contribution in [0.25, 0.3) is 11.1 Å². The van der Waals surface area contributed by atoms with Crippen molar-refractivity contribution in [2.75, 3.05) is 20.3 Å². The van der Waals surface area contributed by atoms with Gasteiger partial charge in [-0.1, -0.05) is 60.1 Å². The maximum atomic E-state index is 15.0. The van der Waals surface area contributed by atoms with E-state index in [1.807, 2.05) is 0 Å². The van der Waals surface area contributed by atoms with Crippen LogP contribution in [0.1, 0.15) is 48.2 Å². The van der Waals surface area contributed by atoms with E-state index in [0.717, 1.165) is 27.3 Å². The SMILES string of the molecule is CCOC(=O)CCCNC(Cn1c(=O)c(-c2cccc(OC)c2Cl)c(C)n(Cc2c(F)cccc2C(F)(F)F)c1=O)c1ccccc1. The van der Waals surface area contributed by atoms with Crippen molar-refractivity contribution in [3.05, 3.63) is 121 Å². The molecule has 0 spiro atoms. The topological polar surface area (TPSA) is 91.6 Å². The molecular formula is C34H34ClF4N3O5. The Morgan fingerprint density at radius 1 is 1.00 bits per heavy atom. The fourth-order valence-corrected chi connectivity index (χ4v) is 5.66. The summed E-state index contributed by atoms with van der Waals surface area (Å²) in [5.41, 5.74) is -2.88. The molecule has 4 aromatic rings. The molecule has 0 aliphatic rings. The summed E-state index contributed by atoms with van der Waals surface area (Å²) in [6, 6.07) is 15.5. The van der Waals surface area contributed by atoms with E-state index in [9.17, 15) is 27.6 Å². The summed E-state index contributed by atoms with van der Waals surface area (Å²) < 4.78 is 69.1. The first-order valence-corrected chi connectivity index (χ1v) is 15.2. The van der Waals surface area contributed by atoms with Gasteiger partial charge in [0, 0.05) is 23.2 Å². The van der Waals surface area contributed by atoms with Crippen LogP contribution in [0.5, 0.6) is 5.75 Å². The highest BCUT2D eigenvalue weighted by molar-refractivity contribution is 6.34. The van der Waals surface area contributed by atoms with Gasteiger partial charge in [-0.2, -0.15) is 13.2 Å². The third-order valence-electron chi connectivity index (χ3n) is 7.70. The van der Waals surface area contributed by atoms with Crippen molar-refractivity contribution >= 4 is 17.6 Å². The number of aromatic nitrogens is 2. The Labute approximate surface area is 273 Å². The Bertz CT molecular complexity index is 1840. The maximum absolute atomic E-state index is 15.0. The van der Waals surface area contributed by atoms with Gasteiger partial charge in [0.15, 0.2) is 0 Å². The van der Waals surface area contributed by atoms with E-state index in [1.165, 1.54) is 20.1 Å². The third-order valence-corrected chi connectivity index (χ3v) is 8.09. The van der Waals surface area contributed by atoms with E-state index in [0.29, 0.717) is 18.5 Å². The van der Waals surface area contributed by atoms with E-state index in [-0.39, 0.29) is 53.1 Å². The number of alkyl halides is 3. The molecule has 4 rings (SSSR count). The van der Waals surface area contributed by atoms with Gasteiger partial charge < -0.3 is 14.8 Å². The zero-order chi connectivity index (χ0) is 34.3. The van der Waals surface area contributed by atoms with Crippen LogP contribution < -0.4 is 21.3 Å². The van der Waals surface area contributed by atoms with Crippen molar-refractivity contribution in [2.24, 2.45) is 0 Å². The average molecular weight is 676 g/mol. The summed E-state index contributed by atoms with van der Waals surface area (Å²) in [7, 11) is 1.38. The first-order chi connectivity index (χ1) is 22.4. The minimum absolute atomic E-state index is 0.0126. The number of hydrogen-bond acceptors (Lipinski definition) is 6. The van der Waals surface area contributed by atoms with Gasteiger partial charge in [0.05, 0.1) is 49.0 Å². The molecule has 0 fully saturated rings. The van der Waals surface area contributed by atoms with E-state index < -0.39 is 47.0 Å². The average Bonchev–Trinajstić information content (AvgIpc) is 3.03. The summed E-state index contributed by atoms with van der Waals surface area (Å²) in [6.07, 6.45) is -4.37. The summed E-state index contributed by atoms with van der Waals surface area (Å²) in [5.74, 6) is -1.30. The monoisotopic (exact) mass is 675 g/mol. The Morgan fingerprint density at radius 3 is 2.36 bits per heavy atom. The van der Waals surface area contributed by atoms with Crippen molar-refractivity contribution in [3.63, 3.8) is 0 Å². The van der Waals surface area contributed by atoms with Gasteiger partial charge in [-0.3, -0.25) is 18.7 Å². The normalized spacial score (nSPS) is 12.2. The first-order valence-electron chi connectivity index (χ1n) is 14.8. The van der Waals surface area contributed by atoms with Gasteiger partial charge in [-0.15, -0.1) is 0 Å². The number of nitrogens with zero attached hydrogens (tertiary/aromatic N) is 2. The molecule has 1 heterocycles. The largest absolute Gasteiger partial charge is 0.495 e. The number of esters is 1. The van der Waals surface area contributed by atoms with Gasteiger partial charge in [0.25, 0.3) is 5.56 Å². The molecule has 1 unspecified atom stereocenters. The lowest BCUT2D eigenvalue weighted by Crippen LogP contribution is -2.45. The summed E-state index contributed by atoms with van der Waals surface area (Å²) in [6.45, 7) is 2.60. The third kappa shape index (κ3) is 8.12. The van der Waals surface area contributed by atoms with Crippen molar-refractivity contribution in [3.8, 4) is 16.9 Å². The van der Waals surface area contributed by atoms with Crippen LogP contribution in [-0.2, 0) is 28.8 Å². The van der Waals surface area contributed by atoms with Gasteiger partial charge >= 0.3 is 17.8 Å². The fourth-order valence-electron chi connectivity index (χ4n) is 5.36. The zero-order valence-corrected chi connectivity index (χ0v) is 26.8. The maximum Gasteiger partial charge on any atom is 0.416 e. The van der Waals surface area contributed by atoms with Crippen LogP contribution in [0.2, 0.25) is 5.02 Å². The minimum Gasteiger partial charge on any atom is -0.495 e. The van der Waals surface area contributed by atoms with Crippen molar-refractivity contribution in [1.82, 2.24) is 14.5 Å². The van der Waals surface area contributed by atoms with E-state index in [1.54, 1.807) is 49.4 Å². The predicted octanol–water partition coefficient (Wildman–Crippen LogP) is 6.53. The number of benzene rings is 3. The number of hydrogen-bond donors (Lipinski definition) is 1. The molecule has 47 heavy (non-hydrogen) atoms. The van der Waals surface area contributed by atoms with Gasteiger partial charge in [0.2, 0.25) is 0 Å². The molecule has 13 heteroatoms. The number of nitrogens with one attached hydrogen (secondary N) is 1. The molecule has 0 amide bonds. The Hall–Kier alpha value is -4.42. The summed E-state index contributed by atoms with van der Waals surface area (Å²) >= 11 is 6.62. The molecule has 1 atom stereocenters.